The van der Waals surface area contributed by atoms with Gasteiger partial charge in [0.05, 0.1) is 6.26 Å². The second kappa shape index (κ2) is 8.37. The number of hydrogen-bond acceptors (Lipinski definition) is 3. The van der Waals surface area contributed by atoms with E-state index in [1.54, 1.807) is 6.26 Å². The van der Waals surface area contributed by atoms with Gasteiger partial charge in [0, 0.05) is 38.1 Å². The molecule has 0 fully saturated rings. The molecule has 0 bridgehead atoms. The van der Waals surface area contributed by atoms with Crippen molar-refractivity contribution in [3.63, 3.8) is 0 Å². The molecule has 0 aliphatic rings. The van der Waals surface area contributed by atoms with Crippen molar-refractivity contribution >= 4 is 76.4 Å². The van der Waals surface area contributed by atoms with Crippen LogP contribution in [0.1, 0.15) is 0 Å². The van der Waals surface area contributed by atoms with E-state index in [4.69, 9.17) is 13.3 Å². The van der Waals surface area contributed by atoms with Crippen LogP contribution in [0.15, 0.2) is 147 Å². The van der Waals surface area contributed by atoms with Crippen molar-refractivity contribution in [1.29, 1.82) is 0 Å². The second-order valence-electron chi connectivity index (χ2n) is 11.2. The molecule has 0 spiro atoms. The molecule has 0 radical (unpaired) electrons. The largest absolute Gasteiger partial charge is 0.464 e. The van der Waals surface area contributed by atoms with Crippen LogP contribution in [0.3, 0.4) is 0 Å². The molecule has 3 heteroatoms. The average Bonchev–Trinajstić information content (AvgIpc) is 3.78. The summed E-state index contributed by atoms with van der Waals surface area (Å²) in [6, 6.07) is 44.7. The van der Waals surface area contributed by atoms with Crippen molar-refractivity contribution in [2.75, 3.05) is 0 Å². The summed E-state index contributed by atoms with van der Waals surface area (Å²) in [7, 11) is 0. The van der Waals surface area contributed by atoms with Gasteiger partial charge in [-0.25, -0.2) is 0 Å². The van der Waals surface area contributed by atoms with Crippen molar-refractivity contribution < 1.29 is 13.3 Å². The molecule has 0 aliphatic heterocycles. The highest BCUT2D eigenvalue weighted by Crippen LogP contribution is 2.48. The smallest absolute Gasteiger partial charge is 0.144 e. The predicted octanol–water partition coefficient (Wildman–Crippen LogP) is 11.9. The summed E-state index contributed by atoms with van der Waals surface area (Å²) in [5.41, 5.74) is 8.88. The van der Waals surface area contributed by atoms with E-state index in [0.29, 0.717) is 0 Å². The van der Waals surface area contributed by atoms with Crippen LogP contribution in [0.2, 0.25) is 0 Å². The number of benzene rings is 7. The van der Waals surface area contributed by atoms with Crippen LogP contribution in [0, 0.1) is 0 Å². The Kier molecular flexibility index (Phi) is 4.45. The molecule has 10 rings (SSSR count). The summed E-state index contributed by atoms with van der Waals surface area (Å²) in [5, 5.41) is 10.2. The highest BCUT2D eigenvalue weighted by Gasteiger charge is 2.23. The highest BCUT2D eigenvalue weighted by molar-refractivity contribution is 6.28. The minimum atomic E-state index is 0.849. The zero-order chi connectivity index (χ0) is 28.1. The number of fused-ring (bicyclic) bond motifs is 10. The molecule has 0 saturated carbocycles. The van der Waals surface area contributed by atoms with Gasteiger partial charge in [-0.1, -0.05) is 91.0 Å². The predicted molar refractivity (Wildman–Crippen MR) is 177 cm³/mol. The van der Waals surface area contributed by atoms with E-state index in [9.17, 15) is 0 Å². The fourth-order valence-corrected chi connectivity index (χ4v) is 7.14. The maximum atomic E-state index is 6.65. The molecule has 7 aromatic carbocycles. The normalized spacial score (nSPS) is 12.2. The molecule has 3 aromatic heterocycles. The van der Waals surface area contributed by atoms with E-state index < -0.39 is 0 Å². The Bertz CT molecular complexity index is 2680. The first-order valence-electron chi connectivity index (χ1n) is 14.5. The van der Waals surface area contributed by atoms with Crippen LogP contribution >= 0.6 is 0 Å². The van der Waals surface area contributed by atoms with Gasteiger partial charge in [-0.05, 0) is 69.1 Å². The zero-order valence-electron chi connectivity index (χ0n) is 22.9. The van der Waals surface area contributed by atoms with Crippen LogP contribution in [0.4, 0.5) is 0 Å². The third kappa shape index (κ3) is 3.08. The Balaban J connectivity index is 1.35. The van der Waals surface area contributed by atoms with Crippen molar-refractivity contribution in [3.8, 4) is 22.3 Å². The molecule has 3 nitrogen and oxygen atoms in total. The fourth-order valence-electron chi connectivity index (χ4n) is 7.14. The van der Waals surface area contributed by atoms with Crippen LogP contribution < -0.4 is 0 Å². The van der Waals surface area contributed by atoms with Crippen molar-refractivity contribution in [1.82, 2.24) is 0 Å². The van der Waals surface area contributed by atoms with Crippen LogP contribution in [0.5, 0.6) is 0 Å². The first kappa shape index (κ1) is 22.8. The topological polar surface area (TPSA) is 39.4 Å². The Morgan fingerprint density at radius 1 is 0.372 bits per heavy atom. The van der Waals surface area contributed by atoms with Gasteiger partial charge >= 0.3 is 0 Å². The molecule has 0 saturated heterocycles. The maximum absolute atomic E-state index is 6.65. The van der Waals surface area contributed by atoms with Crippen LogP contribution in [-0.4, -0.2) is 0 Å². The Labute approximate surface area is 245 Å². The monoisotopic (exact) mass is 550 g/mol. The lowest BCUT2D eigenvalue weighted by molar-refractivity contribution is 0.615. The summed E-state index contributed by atoms with van der Waals surface area (Å²) in [4.78, 5) is 0. The van der Waals surface area contributed by atoms with Gasteiger partial charge in [-0.3, -0.25) is 0 Å². The van der Waals surface area contributed by atoms with Crippen LogP contribution in [0.25, 0.3) is 98.6 Å². The van der Waals surface area contributed by atoms with Crippen molar-refractivity contribution in [2.45, 2.75) is 0 Å². The Morgan fingerprint density at radius 3 is 1.65 bits per heavy atom. The van der Waals surface area contributed by atoms with Gasteiger partial charge in [-0.15, -0.1) is 0 Å². The molecule has 0 atom stereocenters. The van der Waals surface area contributed by atoms with Gasteiger partial charge in [0.1, 0.15) is 27.9 Å². The van der Waals surface area contributed by atoms with Gasteiger partial charge in [0.25, 0.3) is 0 Å². The minimum absolute atomic E-state index is 0.849. The van der Waals surface area contributed by atoms with Crippen molar-refractivity contribution in [3.05, 3.63) is 134 Å². The zero-order valence-corrected chi connectivity index (χ0v) is 22.9. The van der Waals surface area contributed by atoms with E-state index in [2.05, 4.69) is 97.1 Å². The van der Waals surface area contributed by atoms with Gasteiger partial charge < -0.3 is 13.3 Å². The summed E-state index contributed by atoms with van der Waals surface area (Å²) < 4.78 is 19.0. The SMILES string of the molecule is c1ccc2c(c1)oc1cc(-c3c4ccccc4c(-c4cc5occc5c5c4oc4ccccc45)c4ccccc34)ccc12. The van der Waals surface area contributed by atoms with E-state index >= 15 is 0 Å². The summed E-state index contributed by atoms with van der Waals surface area (Å²) in [5.74, 6) is 0. The molecule has 0 N–H and O–H groups in total. The Morgan fingerprint density at radius 2 is 0.930 bits per heavy atom. The molecule has 0 unspecified atom stereocenters. The molecule has 43 heavy (non-hydrogen) atoms. The highest BCUT2D eigenvalue weighted by atomic mass is 16.3. The quantitative estimate of drug-likeness (QED) is 0.201. The lowest BCUT2D eigenvalue weighted by Crippen LogP contribution is -1.91. The van der Waals surface area contributed by atoms with E-state index in [1.165, 1.54) is 16.3 Å². The molecule has 200 valence electrons. The van der Waals surface area contributed by atoms with Gasteiger partial charge in [0.2, 0.25) is 0 Å². The molecular weight excluding hydrogens is 528 g/mol. The summed E-state index contributed by atoms with van der Waals surface area (Å²) >= 11 is 0. The Hall–Kier alpha value is -5.80. The lowest BCUT2D eigenvalue weighted by atomic mass is 9.85. The average molecular weight is 551 g/mol. The van der Waals surface area contributed by atoms with Gasteiger partial charge in [-0.2, -0.15) is 0 Å². The summed E-state index contributed by atoms with van der Waals surface area (Å²) in [6.45, 7) is 0. The first-order chi connectivity index (χ1) is 21.3. The fraction of sp³-hybridized carbons (Fsp3) is 0. The molecule has 3 heterocycles. The van der Waals surface area contributed by atoms with Gasteiger partial charge in [0.15, 0.2) is 0 Å². The first-order valence-corrected chi connectivity index (χ1v) is 14.5. The minimum Gasteiger partial charge on any atom is -0.464 e. The molecule has 0 amide bonds. The number of para-hydroxylation sites is 2. The second-order valence-corrected chi connectivity index (χ2v) is 11.2. The standard InChI is InChI=1S/C40H22O3/c1-3-12-28-26(10-1)37(23-17-18-25-24-9-5-7-15-33(24)42-36(25)21-23)27-11-2-4-13-29(27)38(28)32-22-35-31(19-20-41-35)39-30-14-6-8-16-34(30)43-40(32)39/h1-22H. The van der Waals surface area contributed by atoms with Crippen LogP contribution in [-0.2, 0) is 0 Å². The number of hydrogen-bond donors (Lipinski definition) is 0. The van der Waals surface area contributed by atoms with E-state index in [0.717, 1.165) is 82.3 Å². The lowest BCUT2D eigenvalue weighted by Gasteiger charge is -2.18. The maximum Gasteiger partial charge on any atom is 0.144 e. The third-order valence-corrected chi connectivity index (χ3v) is 8.95. The summed E-state index contributed by atoms with van der Waals surface area (Å²) in [6.07, 6.45) is 1.77. The number of furan rings is 3. The molecule has 0 aliphatic carbocycles. The van der Waals surface area contributed by atoms with E-state index in [1.807, 2.05) is 30.3 Å². The molecule has 10 aromatic rings. The van der Waals surface area contributed by atoms with E-state index in [-0.39, 0.29) is 0 Å². The third-order valence-electron chi connectivity index (χ3n) is 8.95. The van der Waals surface area contributed by atoms with Crippen molar-refractivity contribution in [2.24, 2.45) is 0 Å². The number of rotatable bonds is 2. The molecular formula is C40H22O3.